The minimum atomic E-state index is -0.841. The van der Waals surface area contributed by atoms with Crippen LogP contribution < -0.4 is 4.90 Å². The Morgan fingerprint density at radius 1 is 1.21 bits per heavy atom. The first kappa shape index (κ1) is 11.0. The lowest BCUT2D eigenvalue weighted by atomic mass is 9.99. The second kappa shape index (κ2) is 3.38. The summed E-state index contributed by atoms with van der Waals surface area (Å²) in [6.45, 7) is 0.744. The topological polar surface area (TPSA) is 57.6 Å². The molecule has 0 aromatic heterocycles. The summed E-state index contributed by atoms with van der Waals surface area (Å²) in [6.07, 6.45) is 2.78. The second-order valence-corrected chi connectivity index (χ2v) is 6.01. The first-order valence-corrected chi connectivity index (χ1v) is 6.76. The zero-order valence-corrected chi connectivity index (χ0v) is 10.5. The van der Waals surface area contributed by atoms with Gasteiger partial charge in [0.15, 0.2) is 0 Å². The van der Waals surface area contributed by atoms with Crippen molar-refractivity contribution >= 4 is 17.6 Å². The van der Waals surface area contributed by atoms with Crippen molar-refractivity contribution in [2.24, 2.45) is 11.8 Å². The Morgan fingerprint density at radius 2 is 1.95 bits per heavy atom. The molecular formula is C15H15NO3. The van der Waals surface area contributed by atoms with E-state index < -0.39 is 11.9 Å². The zero-order chi connectivity index (χ0) is 13.2. The van der Waals surface area contributed by atoms with Gasteiger partial charge in [0, 0.05) is 17.6 Å². The maximum atomic E-state index is 12.5. The van der Waals surface area contributed by atoms with Crippen LogP contribution in [0.3, 0.4) is 0 Å². The molecule has 19 heavy (non-hydrogen) atoms. The molecule has 2 saturated carbocycles. The van der Waals surface area contributed by atoms with Crippen molar-refractivity contribution in [3.05, 3.63) is 29.8 Å². The van der Waals surface area contributed by atoms with Crippen LogP contribution in [0.25, 0.3) is 0 Å². The van der Waals surface area contributed by atoms with Crippen molar-refractivity contribution in [1.82, 2.24) is 0 Å². The van der Waals surface area contributed by atoms with Gasteiger partial charge in [-0.3, -0.25) is 9.59 Å². The number of carboxylic acids is 1. The highest BCUT2D eigenvalue weighted by Crippen LogP contribution is 2.57. The molecule has 1 aliphatic heterocycles. The van der Waals surface area contributed by atoms with E-state index in [1.807, 2.05) is 23.1 Å². The smallest absolute Gasteiger partial charge is 0.307 e. The number of carboxylic acid groups (broad SMARTS) is 1. The SMILES string of the molecule is O=C(O)[C@@H]1C[C@@H]1C(=O)N1CC2(CC2)c2ccccc21. The number of benzene rings is 1. The minimum absolute atomic E-state index is 0.00336. The molecule has 0 unspecified atom stereocenters. The van der Waals surface area contributed by atoms with Crippen LogP contribution in [0.5, 0.6) is 0 Å². The number of carbonyl (C=O) groups excluding carboxylic acids is 1. The Morgan fingerprint density at radius 3 is 2.58 bits per heavy atom. The molecule has 4 nitrogen and oxygen atoms in total. The Balaban J connectivity index is 1.64. The molecule has 2 fully saturated rings. The molecule has 1 amide bonds. The quantitative estimate of drug-likeness (QED) is 0.878. The van der Waals surface area contributed by atoms with Crippen molar-refractivity contribution in [1.29, 1.82) is 0 Å². The van der Waals surface area contributed by atoms with Gasteiger partial charge in [-0.25, -0.2) is 0 Å². The minimum Gasteiger partial charge on any atom is -0.481 e. The molecule has 4 rings (SSSR count). The molecule has 98 valence electrons. The standard InChI is InChI=1S/C15H15NO3/c17-13(9-7-10(9)14(18)19)16-8-15(5-6-15)11-3-1-2-4-12(11)16/h1-4,9-10H,5-8H2,(H,18,19)/t9-,10+/m0/s1. The maximum absolute atomic E-state index is 12.5. The van der Waals surface area contributed by atoms with Crippen LogP contribution in [0.15, 0.2) is 24.3 Å². The Bertz CT molecular complexity index is 591. The summed E-state index contributed by atoms with van der Waals surface area (Å²) >= 11 is 0. The molecule has 1 N–H and O–H groups in total. The van der Waals surface area contributed by atoms with E-state index >= 15 is 0 Å². The summed E-state index contributed by atoms with van der Waals surface area (Å²) < 4.78 is 0. The van der Waals surface area contributed by atoms with Gasteiger partial charge in [-0.05, 0) is 30.9 Å². The fraction of sp³-hybridized carbons (Fsp3) is 0.467. The average Bonchev–Trinajstić information content (AvgIpc) is 3.28. The highest BCUT2D eigenvalue weighted by Gasteiger charge is 2.56. The van der Waals surface area contributed by atoms with Gasteiger partial charge in [-0.2, -0.15) is 0 Å². The zero-order valence-electron chi connectivity index (χ0n) is 10.5. The van der Waals surface area contributed by atoms with E-state index in [2.05, 4.69) is 6.07 Å². The third kappa shape index (κ3) is 1.46. The highest BCUT2D eigenvalue weighted by molar-refractivity contribution is 6.02. The van der Waals surface area contributed by atoms with E-state index in [1.54, 1.807) is 0 Å². The largest absolute Gasteiger partial charge is 0.481 e. The first-order valence-electron chi connectivity index (χ1n) is 6.76. The van der Waals surface area contributed by atoms with Crippen molar-refractivity contribution < 1.29 is 14.7 Å². The van der Waals surface area contributed by atoms with Crippen LogP contribution in [0.4, 0.5) is 5.69 Å². The Labute approximate surface area is 111 Å². The van der Waals surface area contributed by atoms with Crippen molar-refractivity contribution in [3.8, 4) is 0 Å². The van der Waals surface area contributed by atoms with E-state index in [-0.39, 0.29) is 17.2 Å². The molecule has 3 aliphatic rings. The van der Waals surface area contributed by atoms with E-state index in [0.717, 1.165) is 25.1 Å². The van der Waals surface area contributed by atoms with E-state index in [1.165, 1.54) is 5.56 Å². The summed E-state index contributed by atoms with van der Waals surface area (Å²) in [7, 11) is 0. The third-order valence-electron chi connectivity index (χ3n) is 4.77. The normalized spacial score (nSPS) is 29.2. The predicted molar refractivity (Wildman–Crippen MR) is 68.9 cm³/mol. The van der Waals surface area contributed by atoms with Crippen LogP contribution in [0, 0.1) is 11.8 Å². The molecule has 1 aromatic carbocycles. The monoisotopic (exact) mass is 257 g/mol. The van der Waals surface area contributed by atoms with Gasteiger partial charge in [0.25, 0.3) is 0 Å². The van der Waals surface area contributed by atoms with Gasteiger partial charge in [-0.15, -0.1) is 0 Å². The summed E-state index contributed by atoms with van der Waals surface area (Å²) in [4.78, 5) is 25.2. The summed E-state index contributed by atoms with van der Waals surface area (Å²) in [5.74, 6) is -1.61. The van der Waals surface area contributed by atoms with E-state index in [0.29, 0.717) is 6.42 Å². The van der Waals surface area contributed by atoms with Gasteiger partial charge in [0.1, 0.15) is 0 Å². The molecular weight excluding hydrogens is 242 g/mol. The molecule has 2 atom stereocenters. The molecule has 0 bridgehead atoms. The number of rotatable bonds is 2. The van der Waals surface area contributed by atoms with Gasteiger partial charge < -0.3 is 10.0 Å². The lowest BCUT2D eigenvalue weighted by Gasteiger charge is -2.17. The number of nitrogens with zero attached hydrogens (tertiary/aromatic N) is 1. The first-order chi connectivity index (χ1) is 9.12. The molecule has 0 saturated heterocycles. The second-order valence-electron chi connectivity index (χ2n) is 6.01. The number of anilines is 1. The van der Waals surface area contributed by atoms with Crippen LogP contribution in [-0.2, 0) is 15.0 Å². The molecule has 0 radical (unpaired) electrons. The van der Waals surface area contributed by atoms with Gasteiger partial charge in [0.2, 0.25) is 5.91 Å². The van der Waals surface area contributed by atoms with Gasteiger partial charge >= 0.3 is 5.97 Å². The number of hydrogen-bond donors (Lipinski definition) is 1. The average molecular weight is 257 g/mol. The highest BCUT2D eigenvalue weighted by atomic mass is 16.4. The van der Waals surface area contributed by atoms with Gasteiger partial charge in [0.05, 0.1) is 11.8 Å². The summed E-state index contributed by atoms with van der Waals surface area (Å²) in [6, 6.07) is 8.06. The Kier molecular flexibility index (Phi) is 1.96. The van der Waals surface area contributed by atoms with Crippen LogP contribution in [0.1, 0.15) is 24.8 Å². The third-order valence-corrected chi connectivity index (χ3v) is 4.77. The van der Waals surface area contributed by atoms with Crippen LogP contribution in [0.2, 0.25) is 0 Å². The predicted octanol–water partition coefficient (Wildman–Crippen LogP) is 1.79. The maximum Gasteiger partial charge on any atom is 0.307 e. The van der Waals surface area contributed by atoms with E-state index in [9.17, 15) is 9.59 Å². The lowest BCUT2D eigenvalue weighted by Crippen LogP contribution is -2.33. The number of hydrogen-bond acceptors (Lipinski definition) is 2. The lowest BCUT2D eigenvalue weighted by molar-refractivity contribution is -0.140. The molecule has 1 spiro atoms. The number of fused-ring (bicyclic) bond motifs is 2. The number of para-hydroxylation sites is 1. The van der Waals surface area contributed by atoms with Crippen molar-refractivity contribution in [3.63, 3.8) is 0 Å². The van der Waals surface area contributed by atoms with Crippen molar-refractivity contribution in [2.75, 3.05) is 11.4 Å². The summed E-state index contributed by atoms with van der Waals surface area (Å²) in [5, 5.41) is 8.95. The molecule has 1 heterocycles. The fourth-order valence-corrected chi connectivity index (χ4v) is 3.35. The van der Waals surface area contributed by atoms with Gasteiger partial charge in [-0.1, -0.05) is 18.2 Å². The molecule has 2 aliphatic carbocycles. The van der Waals surface area contributed by atoms with Crippen LogP contribution in [-0.4, -0.2) is 23.5 Å². The number of carbonyl (C=O) groups is 2. The number of amides is 1. The fourth-order valence-electron chi connectivity index (χ4n) is 3.35. The van der Waals surface area contributed by atoms with Crippen LogP contribution >= 0.6 is 0 Å². The number of aliphatic carboxylic acids is 1. The molecule has 4 heteroatoms. The van der Waals surface area contributed by atoms with E-state index in [4.69, 9.17) is 5.11 Å². The Hall–Kier alpha value is -1.84. The summed E-state index contributed by atoms with van der Waals surface area (Å²) in [5.41, 5.74) is 2.46. The van der Waals surface area contributed by atoms with Crippen molar-refractivity contribution in [2.45, 2.75) is 24.7 Å². The molecule has 1 aromatic rings.